The van der Waals surface area contributed by atoms with Crippen molar-refractivity contribution in [1.29, 1.82) is 0 Å². The lowest BCUT2D eigenvalue weighted by Gasteiger charge is -2.17. The Labute approximate surface area is 165 Å². The zero-order chi connectivity index (χ0) is 20.5. The zero-order valence-corrected chi connectivity index (χ0v) is 16.4. The summed E-state index contributed by atoms with van der Waals surface area (Å²) in [5.74, 6) is 0.153. The highest BCUT2D eigenvalue weighted by Crippen LogP contribution is 2.20. The highest BCUT2D eigenvalue weighted by atomic mass is 19.1. The Bertz CT molecular complexity index is 796. The maximum atomic E-state index is 13.4. The molecule has 152 valence electrons. The molecule has 0 spiro atoms. The maximum absolute atomic E-state index is 13.4. The van der Waals surface area contributed by atoms with Gasteiger partial charge in [-0.2, -0.15) is 0 Å². The van der Waals surface area contributed by atoms with Crippen LogP contribution in [0.2, 0.25) is 0 Å². The second-order valence-corrected chi connectivity index (χ2v) is 6.62. The lowest BCUT2D eigenvalue weighted by molar-refractivity contribution is 0.179. The molecule has 0 bridgehead atoms. The molecule has 7 heteroatoms. The van der Waals surface area contributed by atoms with Gasteiger partial charge in [-0.1, -0.05) is 18.2 Å². The molecule has 0 heterocycles. The van der Waals surface area contributed by atoms with E-state index in [4.69, 9.17) is 4.74 Å². The fraction of sp³-hybridized carbons (Fsp3) is 0.381. The van der Waals surface area contributed by atoms with Crippen molar-refractivity contribution >= 4 is 5.96 Å². The first-order valence-corrected chi connectivity index (χ1v) is 9.33. The minimum absolute atomic E-state index is 0.0581. The number of hydrogen-bond donors (Lipinski definition) is 4. The number of nitrogens with one attached hydrogen (secondary N) is 2. The van der Waals surface area contributed by atoms with E-state index in [-0.39, 0.29) is 24.9 Å². The van der Waals surface area contributed by atoms with Crippen molar-refractivity contribution < 1.29 is 19.3 Å². The van der Waals surface area contributed by atoms with Crippen LogP contribution >= 0.6 is 0 Å². The van der Waals surface area contributed by atoms with Crippen LogP contribution < -0.4 is 15.4 Å². The van der Waals surface area contributed by atoms with Crippen LogP contribution in [0.3, 0.4) is 0 Å². The third kappa shape index (κ3) is 6.74. The highest BCUT2D eigenvalue weighted by Gasteiger charge is 2.10. The lowest BCUT2D eigenvalue weighted by Crippen LogP contribution is -2.39. The molecule has 2 aromatic rings. The Kier molecular flexibility index (Phi) is 8.07. The molecule has 0 aliphatic heterocycles. The van der Waals surface area contributed by atoms with E-state index in [0.29, 0.717) is 23.8 Å². The monoisotopic (exact) mass is 389 g/mol. The summed E-state index contributed by atoms with van der Waals surface area (Å²) in [6.07, 6.45) is -0.687. The summed E-state index contributed by atoms with van der Waals surface area (Å²) in [7, 11) is 0. The molecule has 4 N–H and O–H groups in total. The number of aliphatic hydroxyl groups is 1. The fourth-order valence-electron chi connectivity index (χ4n) is 2.54. The number of halogens is 1. The Hall–Kier alpha value is -2.80. The predicted molar refractivity (Wildman–Crippen MR) is 108 cm³/mol. The number of hydrogen-bond acceptors (Lipinski definition) is 4. The number of rotatable bonds is 8. The van der Waals surface area contributed by atoms with E-state index in [0.717, 1.165) is 5.56 Å². The summed E-state index contributed by atoms with van der Waals surface area (Å²) >= 11 is 0. The summed E-state index contributed by atoms with van der Waals surface area (Å²) in [5.41, 5.74) is 1.37. The van der Waals surface area contributed by atoms with Crippen LogP contribution in [0.15, 0.2) is 47.5 Å². The molecule has 0 saturated carbocycles. The number of aliphatic hydroxyl groups excluding tert-OH is 1. The molecular formula is C21H28FN3O3. The minimum Gasteiger partial charge on any atom is -0.505 e. The molecule has 2 aromatic carbocycles. The van der Waals surface area contributed by atoms with Gasteiger partial charge in [0, 0.05) is 13.1 Å². The van der Waals surface area contributed by atoms with Gasteiger partial charge >= 0.3 is 0 Å². The molecule has 0 saturated heterocycles. The molecule has 6 nitrogen and oxygen atoms in total. The Morgan fingerprint density at radius 3 is 2.64 bits per heavy atom. The summed E-state index contributed by atoms with van der Waals surface area (Å²) in [6.45, 7) is 6.96. The van der Waals surface area contributed by atoms with Gasteiger partial charge in [0.1, 0.15) is 5.75 Å². The molecular weight excluding hydrogens is 361 g/mol. The standard InChI is InChI=1S/C21H28FN3O3/c1-4-23-21(24-12-15-8-9-19(26)18(22)10-15)25-13-20(27)16-6-5-7-17(11-16)28-14(2)3/h5-11,14,20,26-27H,4,12-13H2,1-3H3,(H2,23,24,25). The Morgan fingerprint density at radius 1 is 1.18 bits per heavy atom. The van der Waals surface area contributed by atoms with E-state index in [1.165, 1.54) is 12.1 Å². The number of aromatic hydroxyl groups is 1. The van der Waals surface area contributed by atoms with Gasteiger partial charge in [-0.3, -0.25) is 0 Å². The number of ether oxygens (including phenoxy) is 1. The second kappa shape index (κ2) is 10.5. The largest absolute Gasteiger partial charge is 0.505 e. The van der Waals surface area contributed by atoms with Crippen LogP contribution in [0.5, 0.6) is 11.5 Å². The highest BCUT2D eigenvalue weighted by molar-refractivity contribution is 5.79. The van der Waals surface area contributed by atoms with Crippen LogP contribution in [0.4, 0.5) is 4.39 Å². The molecule has 28 heavy (non-hydrogen) atoms. The van der Waals surface area contributed by atoms with Crippen LogP contribution in [-0.4, -0.2) is 35.4 Å². The molecule has 0 aliphatic rings. The molecule has 0 radical (unpaired) electrons. The third-order valence-electron chi connectivity index (χ3n) is 3.85. The van der Waals surface area contributed by atoms with Crippen molar-refractivity contribution in [3.63, 3.8) is 0 Å². The van der Waals surface area contributed by atoms with Gasteiger partial charge in [-0.15, -0.1) is 0 Å². The third-order valence-corrected chi connectivity index (χ3v) is 3.85. The number of phenolic OH excluding ortho intramolecular Hbond substituents is 1. The first-order valence-electron chi connectivity index (χ1n) is 9.33. The first-order chi connectivity index (χ1) is 13.4. The van der Waals surface area contributed by atoms with Crippen LogP contribution in [0, 0.1) is 5.82 Å². The molecule has 0 amide bonds. The zero-order valence-electron chi connectivity index (χ0n) is 16.4. The van der Waals surface area contributed by atoms with Gasteiger partial charge in [0.2, 0.25) is 0 Å². The smallest absolute Gasteiger partial charge is 0.191 e. The molecule has 0 aromatic heterocycles. The summed E-state index contributed by atoms with van der Waals surface area (Å²) in [5, 5.41) is 25.9. The normalized spacial score (nSPS) is 12.7. The van der Waals surface area contributed by atoms with Gasteiger partial charge in [-0.25, -0.2) is 9.38 Å². The number of aliphatic imine (C=N–C) groups is 1. The number of nitrogens with zero attached hydrogens (tertiary/aromatic N) is 1. The van der Waals surface area contributed by atoms with E-state index in [1.54, 1.807) is 6.07 Å². The molecule has 0 fully saturated rings. The van der Waals surface area contributed by atoms with E-state index in [1.807, 2.05) is 45.0 Å². The van der Waals surface area contributed by atoms with Crippen LogP contribution in [-0.2, 0) is 6.54 Å². The number of guanidine groups is 1. The fourth-order valence-corrected chi connectivity index (χ4v) is 2.54. The van der Waals surface area contributed by atoms with Gasteiger partial charge < -0.3 is 25.6 Å². The van der Waals surface area contributed by atoms with Crippen molar-refractivity contribution in [1.82, 2.24) is 10.6 Å². The number of benzene rings is 2. The van der Waals surface area contributed by atoms with E-state index in [2.05, 4.69) is 15.6 Å². The molecule has 1 unspecified atom stereocenters. The van der Waals surface area contributed by atoms with Crippen LogP contribution in [0.25, 0.3) is 0 Å². The van der Waals surface area contributed by atoms with Crippen molar-refractivity contribution in [2.45, 2.75) is 39.5 Å². The van der Waals surface area contributed by atoms with Crippen molar-refractivity contribution in [3.05, 3.63) is 59.4 Å². The first kappa shape index (κ1) is 21.5. The van der Waals surface area contributed by atoms with E-state index < -0.39 is 11.9 Å². The van der Waals surface area contributed by atoms with Crippen molar-refractivity contribution in [2.24, 2.45) is 4.99 Å². The quantitative estimate of drug-likeness (QED) is 0.412. The van der Waals surface area contributed by atoms with Crippen LogP contribution in [0.1, 0.15) is 38.0 Å². The second-order valence-electron chi connectivity index (χ2n) is 6.62. The van der Waals surface area contributed by atoms with Crippen molar-refractivity contribution in [2.75, 3.05) is 13.1 Å². The SMILES string of the molecule is CCNC(=NCc1ccc(O)c(F)c1)NCC(O)c1cccc(OC(C)C)c1. The average molecular weight is 389 g/mol. The summed E-state index contributed by atoms with van der Waals surface area (Å²) in [6, 6.07) is 11.5. The van der Waals surface area contributed by atoms with E-state index in [9.17, 15) is 14.6 Å². The lowest BCUT2D eigenvalue weighted by atomic mass is 10.1. The molecule has 1 atom stereocenters. The molecule has 0 aliphatic carbocycles. The Balaban J connectivity index is 1.98. The van der Waals surface area contributed by atoms with Gasteiger partial charge in [0.25, 0.3) is 0 Å². The minimum atomic E-state index is -0.745. The van der Waals surface area contributed by atoms with Crippen molar-refractivity contribution in [3.8, 4) is 11.5 Å². The topological polar surface area (TPSA) is 86.1 Å². The average Bonchev–Trinajstić information content (AvgIpc) is 2.66. The molecule has 2 rings (SSSR count). The predicted octanol–water partition coefficient (Wildman–Crippen LogP) is 3.11. The maximum Gasteiger partial charge on any atom is 0.191 e. The van der Waals surface area contributed by atoms with E-state index >= 15 is 0 Å². The number of phenols is 1. The van der Waals surface area contributed by atoms with Gasteiger partial charge in [0.05, 0.1) is 18.8 Å². The van der Waals surface area contributed by atoms with Gasteiger partial charge in [-0.05, 0) is 56.2 Å². The van der Waals surface area contributed by atoms with Gasteiger partial charge in [0.15, 0.2) is 17.5 Å². The Morgan fingerprint density at radius 2 is 1.96 bits per heavy atom. The summed E-state index contributed by atoms with van der Waals surface area (Å²) in [4.78, 5) is 4.39. The summed E-state index contributed by atoms with van der Waals surface area (Å²) < 4.78 is 19.1.